The third kappa shape index (κ3) is 4.45. The second-order valence-electron chi connectivity index (χ2n) is 5.70. The zero-order valence-electron chi connectivity index (χ0n) is 13.4. The summed E-state index contributed by atoms with van der Waals surface area (Å²) in [5, 5.41) is 0.817. The minimum absolute atomic E-state index is 0.216. The number of nitrogens with zero attached hydrogens (tertiary/aromatic N) is 2. The first-order valence-electron chi connectivity index (χ1n) is 7.27. The van der Waals surface area contributed by atoms with Gasteiger partial charge in [0.2, 0.25) is 0 Å². The number of rotatable bonds is 7. The Hall–Kier alpha value is -0.610. The summed E-state index contributed by atoms with van der Waals surface area (Å²) in [5.41, 5.74) is 8.35. The summed E-state index contributed by atoms with van der Waals surface area (Å²) < 4.78 is 0. The van der Waals surface area contributed by atoms with E-state index in [2.05, 4.69) is 55.9 Å². The van der Waals surface area contributed by atoms with Gasteiger partial charge in [0.1, 0.15) is 0 Å². The molecule has 3 nitrogen and oxygen atoms in total. The molecule has 2 unspecified atom stereocenters. The van der Waals surface area contributed by atoms with Crippen LogP contribution in [0.5, 0.6) is 0 Å². The molecule has 0 spiro atoms. The molecule has 0 aliphatic carbocycles. The summed E-state index contributed by atoms with van der Waals surface area (Å²) in [4.78, 5) is 4.66. The molecule has 0 heterocycles. The Morgan fingerprint density at radius 3 is 2.40 bits per heavy atom. The zero-order chi connectivity index (χ0) is 15.3. The molecule has 0 bridgehead atoms. The summed E-state index contributed by atoms with van der Waals surface area (Å²) in [6.07, 6.45) is 0. The van der Waals surface area contributed by atoms with Gasteiger partial charge in [-0.25, -0.2) is 0 Å². The van der Waals surface area contributed by atoms with Gasteiger partial charge in [-0.1, -0.05) is 30.7 Å². The van der Waals surface area contributed by atoms with Gasteiger partial charge in [0.25, 0.3) is 0 Å². The Morgan fingerprint density at radius 2 is 1.95 bits per heavy atom. The number of hydrogen-bond donors (Lipinski definition) is 1. The van der Waals surface area contributed by atoms with Crippen molar-refractivity contribution in [3.05, 3.63) is 34.3 Å². The molecule has 114 valence electrons. The quantitative estimate of drug-likeness (QED) is 0.840. The van der Waals surface area contributed by atoms with Gasteiger partial charge in [-0.05, 0) is 51.7 Å². The van der Waals surface area contributed by atoms with Crippen molar-refractivity contribution in [1.82, 2.24) is 9.80 Å². The molecule has 0 fully saturated rings. The molecule has 2 N–H and O–H groups in total. The van der Waals surface area contributed by atoms with Crippen molar-refractivity contribution < 1.29 is 0 Å². The minimum Gasteiger partial charge on any atom is -0.329 e. The summed E-state index contributed by atoms with van der Waals surface area (Å²) in [5.74, 6) is 0. The van der Waals surface area contributed by atoms with E-state index >= 15 is 0 Å². The Morgan fingerprint density at radius 1 is 1.30 bits per heavy atom. The Balaban J connectivity index is 2.98. The molecule has 0 saturated heterocycles. The van der Waals surface area contributed by atoms with Crippen LogP contribution in [0.1, 0.15) is 31.0 Å². The summed E-state index contributed by atoms with van der Waals surface area (Å²) >= 11 is 6.26. The number of hydrogen-bond acceptors (Lipinski definition) is 3. The van der Waals surface area contributed by atoms with Crippen LogP contribution < -0.4 is 5.73 Å². The van der Waals surface area contributed by atoms with Crippen LogP contribution in [-0.4, -0.2) is 49.6 Å². The van der Waals surface area contributed by atoms with Gasteiger partial charge in [0.05, 0.1) is 0 Å². The van der Waals surface area contributed by atoms with E-state index in [0.717, 1.165) is 23.7 Å². The van der Waals surface area contributed by atoms with Crippen molar-refractivity contribution in [2.75, 3.05) is 33.7 Å². The monoisotopic (exact) mass is 297 g/mol. The Kier molecular flexibility index (Phi) is 6.96. The second-order valence-corrected chi connectivity index (χ2v) is 6.11. The van der Waals surface area contributed by atoms with Crippen LogP contribution in [0.3, 0.4) is 0 Å². The average Bonchev–Trinajstić information content (AvgIpc) is 2.38. The van der Waals surface area contributed by atoms with Crippen LogP contribution in [-0.2, 0) is 0 Å². The van der Waals surface area contributed by atoms with Gasteiger partial charge in [0.15, 0.2) is 0 Å². The third-order valence-corrected chi connectivity index (χ3v) is 4.17. The number of nitrogens with two attached hydrogens (primary N) is 1. The van der Waals surface area contributed by atoms with E-state index in [1.54, 1.807) is 0 Å². The van der Waals surface area contributed by atoms with Crippen molar-refractivity contribution in [2.45, 2.75) is 32.9 Å². The van der Waals surface area contributed by atoms with Crippen molar-refractivity contribution in [1.29, 1.82) is 0 Å². The number of halogens is 1. The molecule has 4 heteroatoms. The first-order chi connectivity index (χ1) is 9.40. The van der Waals surface area contributed by atoms with E-state index < -0.39 is 0 Å². The Labute approximate surface area is 128 Å². The van der Waals surface area contributed by atoms with Crippen LogP contribution in [0.4, 0.5) is 0 Å². The summed E-state index contributed by atoms with van der Waals surface area (Å²) in [7, 11) is 4.20. The highest BCUT2D eigenvalue weighted by molar-refractivity contribution is 6.31. The topological polar surface area (TPSA) is 32.5 Å². The van der Waals surface area contributed by atoms with Crippen LogP contribution in [0, 0.1) is 6.92 Å². The fraction of sp³-hybridized carbons (Fsp3) is 0.625. The largest absolute Gasteiger partial charge is 0.329 e. The number of likely N-dealkylation sites (N-methyl/N-ethyl adjacent to an activating group) is 2. The maximum absolute atomic E-state index is 6.26. The SMILES string of the molecule is CCN(C(C)CN(C)C)C(CN)c1ccc(C)c(Cl)c1. The predicted octanol–water partition coefficient (Wildman–Crippen LogP) is 2.92. The Bertz CT molecular complexity index is 420. The van der Waals surface area contributed by atoms with Crippen molar-refractivity contribution in [3.8, 4) is 0 Å². The molecule has 2 atom stereocenters. The molecule has 1 aromatic rings. The highest BCUT2D eigenvalue weighted by Gasteiger charge is 2.23. The molecule has 0 amide bonds. The molecule has 0 saturated carbocycles. The van der Waals surface area contributed by atoms with Crippen LogP contribution >= 0.6 is 11.6 Å². The molecule has 20 heavy (non-hydrogen) atoms. The highest BCUT2D eigenvalue weighted by Crippen LogP contribution is 2.26. The lowest BCUT2D eigenvalue weighted by molar-refractivity contribution is 0.131. The fourth-order valence-electron chi connectivity index (χ4n) is 2.75. The van der Waals surface area contributed by atoms with E-state index in [1.165, 1.54) is 5.56 Å². The fourth-order valence-corrected chi connectivity index (χ4v) is 2.94. The molecular formula is C16H28ClN3. The van der Waals surface area contributed by atoms with Crippen molar-refractivity contribution in [3.63, 3.8) is 0 Å². The van der Waals surface area contributed by atoms with Crippen LogP contribution in [0.15, 0.2) is 18.2 Å². The molecule has 1 aromatic carbocycles. The van der Waals surface area contributed by atoms with Gasteiger partial charge in [-0.2, -0.15) is 0 Å². The number of benzene rings is 1. The third-order valence-electron chi connectivity index (χ3n) is 3.76. The first-order valence-corrected chi connectivity index (χ1v) is 7.65. The van der Waals surface area contributed by atoms with E-state index in [1.807, 2.05) is 6.92 Å². The smallest absolute Gasteiger partial charge is 0.0474 e. The molecule has 0 aromatic heterocycles. The number of aryl methyl sites for hydroxylation is 1. The summed E-state index contributed by atoms with van der Waals surface area (Å²) in [6.45, 7) is 9.06. The van der Waals surface area contributed by atoms with Crippen molar-refractivity contribution >= 4 is 11.6 Å². The van der Waals surface area contributed by atoms with E-state index in [9.17, 15) is 0 Å². The lowest BCUT2D eigenvalue weighted by Gasteiger charge is -2.36. The molecule has 0 aliphatic rings. The molecule has 0 radical (unpaired) electrons. The first kappa shape index (κ1) is 17.4. The van der Waals surface area contributed by atoms with Gasteiger partial charge in [-0.15, -0.1) is 0 Å². The normalized spacial score (nSPS) is 14.8. The lowest BCUT2D eigenvalue weighted by atomic mass is 10.0. The van der Waals surface area contributed by atoms with E-state index in [4.69, 9.17) is 17.3 Å². The lowest BCUT2D eigenvalue weighted by Crippen LogP contribution is -2.44. The zero-order valence-corrected chi connectivity index (χ0v) is 14.1. The van der Waals surface area contributed by atoms with Crippen LogP contribution in [0.2, 0.25) is 5.02 Å². The van der Waals surface area contributed by atoms with Gasteiger partial charge in [-0.3, -0.25) is 4.90 Å². The predicted molar refractivity (Wildman–Crippen MR) is 88.4 cm³/mol. The van der Waals surface area contributed by atoms with Gasteiger partial charge >= 0.3 is 0 Å². The minimum atomic E-state index is 0.216. The summed E-state index contributed by atoms with van der Waals surface area (Å²) in [6, 6.07) is 6.94. The second kappa shape index (κ2) is 7.99. The highest BCUT2D eigenvalue weighted by atomic mass is 35.5. The van der Waals surface area contributed by atoms with Crippen molar-refractivity contribution in [2.24, 2.45) is 5.73 Å². The van der Waals surface area contributed by atoms with E-state index in [-0.39, 0.29) is 6.04 Å². The maximum atomic E-state index is 6.26. The molecular weight excluding hydrogens is 270 g/mol. The van der Waals surface area contributed by atoms with Gasteiger partial charge in [0, 0.05) is 30.2 Å². The standard InChI is InChI=1S/C16H28ClN3/c1-6-20(13(3)11-19(4)5)16(10-18)14-8-7-12(2)15(17)9-14/h7-9,13,16H,6,10-11,18H2,1-5H3. The molecule has 1 rings (SSSR count). The molecule has 0 aliphatic heterocycles. The van der Waals surface area contributed by atoms with Crippen LogP contribution in [0.25, 0.3) is 0 Å². The van der Waals surface area contributed by atoms with Gasteiger partial charge < -0.3 is 10.6 Å². The maximum Gasteiger partial charge on any atom is 0.0474 e. The van der Waals surface area contributed by atoms with E-state index in [0.29, 0.717) is 12.6 Å². The average molecular weight is 298 g/mol.